The molecule has 0 saturated heterocycles. The Kier molecular flexibility index (Phi) is 5.43. The third kappa shape index (κ3) is 3.92. The van der Waals surface area contributed by atoms with Crippen LogP contribution in [0, 0.1) is 0 Å². The lowest BCUT2D eigenvalue weighted by molar-refractivity contribution is -0.127. The third-order valence-corrected chi connectivity index (χ3v) is 4.26. The largest absolute Gasteiger partial charge is 0.480 e. The van der Waals surface area contributed by atoms with Gasteiger partial charge in [0.15, 0.2) is 6.10 Å². The number of carbonyl (C=O) groups is 1. The van der Waals surface area contributed by atoms with Crippen molar-refractivity contribution in [1.82, 2.24) is 15.6 Å². The summed E-state index contributed by atoms with van der Waals surface area (Å²) >= 11 is 0. The minimum Gasteiger partial charge on any atom is -0.480 e. The van der Waals surface area contributed by atoms with Gasteiger partial charge in [0.1, 0.15) is 5.75 Å². The zero-order valence-corrected chi connectivity index (χ0v) is 13.9. The average molecular weight is 325 g/mol. The molecular weight excluding hydrogens is 302 g/mol. The van der Waals surface area contributed by atoms with E-state index in [0.29, 0.717) is 6.54 Å². The number of carbonyl (C=O) groups excluding carboxylic acids is 1. The summed E-state index contributed by atoms with van der Waals surface area (Å²) in [5, 5.41) is 6.32. The highest BCUT2D eigenvalue weighted by Crippen LogP contribution is 2.37. The summed E-state index contributed by atoms with van der Waals surface area (Å²) in [6.45, 7) is 4.31. The number of ether oxygens (including phenoxy) is 1. The van der Waals surface area contributed by atoms with Crippen LogP contribution in [0.4, 0.5) is 0 Å². The molecule has 1 aromatic heterocycles. The molecule has 126 valence electrons. The SMILES string of the molecule is C[C@H]1c2ccccc2O[C@@H]1C(=O)NCCCNCc1cccnc1. The number of hydrogen-bond donors (Lipinski definition) is 2. The standard InChI is InChI=1S/C19H23N3O2/c1-14-16-7-2-3-8-17(16)24-18(14)19(23)22-11-5-10-21-13-15-6-4-9-20-12-15/h2-4,6-9,12,14,18,21H,5,10-11,13H2,1H3,(H,22,23)/t14-,18-/m0/s1. The summed E-state index contributed by atoms with van der Waals surface area (Å²) in [5.41, 5.74) is 2.27. The van der Waals surface area contributed by atoms with Crippen molar-refractivity contribution in [3.8, 4) is 5.75 Å². The summed E-state index contributed by atoms with van der Waals surface area (Å²) < 4.78 is 5.78. The van der Waals surface area contributed by atoms with Gasteiger partial charge in [0.25, 0.3) is 5.91 Å². The van der Waals surface area contributed by atoms with Crippen LogP contribution in [0.5, 0.6) is 5.75 Å². The first kappa shape index (κ1) is 16.5. The van der Waals surface area contributed by atoms with Crippen LogP contribution in [0.25, 0.3) is 0 Å². The zero-order valence-electron chi connectivity index (χ0n) is 13.9. The second-order valence-electron chi connectivity index (χ2n) is 6.05. The molecule has 0 spiro atoms. The van der Waals surface area contributed by atoms with Gasteiger partial charge in [-0.2, -0.15) is 0 Å². The molecule has 0 radical (unpaired) electrons. The smallest absolute Gasteiger partial charge is 0.261 e. The number of benzene rings is 1. The predicted molar refractivity (Wildman–Crippen MR) is 92.8 cm³/mol. The van der Waals surface area contributed by atoms with Crippen LogP contribution in [-0.2, 0) is 11.3 Å². The van der Waals surface area contributed by atoms with Crippen molar-refractivity contribution in [1.29, 1.82) is 0 Å². The first-order chi connectivity index (χ1) is 11.8. The van der Waals surface area contributed by atoms with Gasteiger partial charge in [0.05, 0.1) is 0 Å². The minimum absolute atomic E-state index is 0.0361. The van der Waals surface area contributed by atoms with Crippen molar-refractivity contribution in [3.05, 3.63) is 59.9 Å². The Bertz CT molecular complexity index is 675. The summed E-state index contributed by atoms with van der Waals surface area (Å²) in [5.74, 6) is 0.874. The molecule has 0 bridgehead atoms. The van der Waals surface area contributed by atoms with E-state index in [4.69, 9.17) is 4.74 Å². The van der Waals surface area contributed by atoms with Gasteiger partial charge < -0.3 is 15.4 Å². The zero-order chi connectivity index (χ0) is 16.8. The topological polar surface area (TPSA) is 63.2 Å². The molecule has 24 heavy (non-hydrogen) atoms. The lowest BCUT2D eigenvalue weighted by Crippen LogP contribution is -2.39. The Morgan fingerprint density at radius 1 is 1.21 bits per heavy atom. The number of nitrogens with zero attached hydrogens (tertiary/aromatic N) is 1. The molecule has 2 atom stereocenters. The maximum Gasteiger partial charge on any atom is 0.261 e. The Balaban J connectivity index is 1.35. The van der Waals surface area contributed by atoms with Gasteiger partial charge in [-0.25, -0.2) is 0 Å². The van der Waals surface area contributed by atoms with Gasteiger partial charge in [-0.1, -0.05) is 31.2 Å². The molecule has 1 amide bonds. The molecular formula is C19H23N3O2. The fraction of sp³-hybridized carbons (Fsp3) is 0.368. The molecule has 0 fully saturated rings. The first-order valence-electron chi connectivity index (χ1n) is 8.38. The highest BCUT2D eigenvalue weighted by atomic mass is 16.5. The maximum atomic E-state index is 12.3. The summed E-state index contributed by atoms with van der Waals surface area (Å²) in [7, 11) is 0. The predicted octanol–water partition coefficient (Wildman–Crippen LogP) is 2.24. The number of amides is 1. The van der Waals surface area contributed by atoms with Gasteiger partial charge in [0, 0.05) is 37.0 Å². The number of rotatable bonds is 7. The molecule has 5 nitrogen and oxygen atoms in total. The lowest BCUT2D eigenvalue weighted by atomic mass is 9.97. The van der Waals surface area contributed by atoms with Crippen molar-refractivity contribution >= 4 is 5.91 Å². The molecule has 3 rings (SSSR count). The molecule has 0 saturated carbocycles. The second kappa shape index (κ2) is 7.93. The van der Waals surface area contributed by atoms with E-state index >= 15 is 0 Å². The fourth-order valence-corrected chi connectivity index (χ4v) is 2.91. The van der Waals surface area contributed by atoms with Crippen LogP contribution in [0.2, 0.25) is 0 Å². The molecule has 0 aliphatic carbocycles. The van der Waals surface area contributed by atoms with E-state index in [-0.39, 0.29) is 11.8 Å². The molecule has 1 aliphatic rings. The number of pyridine rings is 1. The number of hydrogen-bond acceptors (Lipinski definition) is 4. The van der Waals surface area contributed by atoms with Crippen LogP contribution < -0.4 is 15.4 Å². The first-order valence-corrected chi connectivity index (χ1v) is 8.38. The Hall–Kier alpha value is -2.40. The summed E-state index contributed by atoms with van der Waals surface area (Å²) in [6.07, 6.45) is 4.07. The summed E-state index contributed by atoms with van der Waals surface area (Å²) in [4.78, 5) is 16.4. The number of aromatic nitrogens is 1. The minimum atomic E-state index is -0.425. The average Bonchev–Trinajstić information content (AvgIpc) is 2.96. The van der Waals surface area contributed by atoms with Crippen LogP contribution in [-0.4, -0.2) is 30.1 Å². The van der Waals surface area contributed by atoms with E-state index in [1.807, 2.05) is 49.5 Å². The molecule has 5 heteroatoms. The molecule has 1 aromatic carbocycles. The molecule has 0 unspecified atom stereocenters. The Morgan fingerprint density at radius 3 is 2.88 bits per heavy atom. The summed E-state index contributed by atoms with van der Waals surface area (Å²) in [6, 6.07) is 11.8. The van der Waals surface area contributed by atoms with Crippen molar-refractivity contribution in [2.24, 2.45) is 0 Å². The fourth-order valence-electron chi connectivity index (χ4n) is 2.91. The number of para-hydroxylation sites is 1. The number of fused-ring (bicyclic) bond motifs is 1. The van der Waals surface area contributed by atoms with E-state index in [1.54, 1.807) is 6.20 Å². The van der Waals surface area contributed by atoms with E-state index in [1.165, 1.54) is 0 Å². The van der Waals surface area contributed by atoms with Gasteiger partial charge in [0.2, 0.25) is 0 Å². The Morgan fingerprint density at radius 2 is 2.08 bits per heavy atom. The quantitative estimate of drug-likeness (QED) is 0.767. The van der Waals surface area contributed by atoms with E-state index in [9.17, 15) is 4.79 Å². The highest BCUT2D eigenvalue weighted by molar-refractivity contribution is 5.83. The van der Waals surface area contributed by atoms with Crippen molar-refractivity contribution in [2.75, 3.05) is 13.1 Å². The molecule has 2 aromatic rings. The third-order valence-electron chi connectivity index (χ3n) is 4.26. The van der Waals surface area contributed by atoms with Gasteiger partial charge in [-0.05, 0) is 30.7 Å². The van der Waals surface area contributed by atoms with E-state index < -0.39 is 6.10 Å². The van der Waals surface area contributed by atoms with Crippen molar-refractivity contribution < 1.29 is 9.53 Å². The van der Waals surface area contributed by atoms with Crippen molar-refractivity contribution in [3.63, 3.8) is 0 Å². The molecule has 1 aliphatic heterocycles. The second-order valence-corrected chi connectivity index (χ2v) is 6.05. The molecule has 2 N–H and O–H groups in total. The Labute approximate surface area is 142 Å². The monoisotopic (exact) mass is 325 g/mol. The van der Waals surface area contributed by atoms with E-state index in [2.05, 4.69) is 15.6 Å². The van der Waals surface area contributed by atoms with Crippen LogP contribution >= 0.6 is 0 Å². The molecule has 2 heterocycles. The normalized spacial score (nSPS) is 18.7. The van der Waals surface area contributed by atoms with Gasteiger partial charge >= 0.3 is 0 Å². The number of nitrogens with one attached hydrogen (secondary N) is 2. The lowest BCUT2D eigenvalue weighted by Gasteiger charge is -2.15. The van der Waals surface area contributed by atoms with Gasteiger partial charge in [-0.15, -0.1) is 0 Å². The van der Waals surface area contributed by atoms with Crippen LogP contribution in [0.1, 0.15) is 30.4 Å². The van der Waals surface area contributed by atoms with Crippen LogP contribution in [0.3, 0.4) is 0 Å². The van der Waals surface area contributed by atoms with Crippen LogP contribution in [0.15, 0.2) is 48.8 Å². The van der Waals surface area contributed by atoms with Gasteiger partial charge in [-0.3, -0.25) is 9.78 Å². The van der Waals surface area contributed by atoms with Crippen molar-refractivity contribution in [2.45, 2.75) is 31.9 Å². The van der Waals surface area contributed by atoms with E-state index in [0.717, 1.165) is 36.4 Å². The maximum absolute atomic E-state index is 12.3. The highest BCUT2D eigenvalue weighted by Gasteiger charge is 2.35.